The Labute approximate surface area is 300 Å². The molecule has 3 nitrogen and oxygen atoms in total. The van der Waals surface area contributed by atoms with Crippen molar-refractivity contribution in [3.8, 4) is 33.8 Å². The zero-order valence-electron chi connectivity index (χ0n) is 28.2. The van der Waals surface area contributed by atoms with Gasteiger partial charge in [-0.15, -0.1) is 0 Å². The van der Waals surface area contributed by atoms with Crippen molar-refractivity contribution in [2.45, 2.75) is 0 Å². The number of benzene rings is 8. The molecule has 0 spiro atoms. The number of rotatable bonds is 4. The van der Waals surface area contributed by atoms with E-state index in [1.54, 1.807) is 0 Å². The maximum absolute atomic E-state index is 5.23. The van der Waals surface area contributed by atoms with Gasteiger partial charge in [0.2, 0.25) is 0 Å². The van der Waals surface area contributed by atoms with Crippen LogP contribution in [0.1, 0.15) is 0 Å². The first-order chi connectivity index (χ1) is 25.8. The van der Waals surface area contributed by atoms with Gasteiger partial charge in [0.25, 0.3) is 0 Å². The molecule has 242 valence electrons. The fourth-order valence-corrected chi connectivity index (χ4v) is 8.39. The van der Waals surface area contributed by atoms with Crippen molar-refractivity contribution < 1.29 is 0 Å². The van der Waals surface area contributed by atoms with Crippen LogP contribution in [0.4, 0.5) is 0 Å². The van der Waals surface area contributed by atoms with E-state index in [-0.39, 0.29) is 0 Å². The predicted octanol–water partition coefficient (Wildman–Crippen LogP) is 12.9. The summed E-state index contributed by atoms with van der Waals surface area (Å²) in [6, 6.07) is 67.8. The molecule has 0 aliphatic carbocycles. The maximum Gasteiger partial charge on any atom is 0.0788 e. The van der Waals surface area contributed by atoms with Crippen molar-refractivity contribution in [3.63, 3.8) is 0 Å². The van der Waals surface area contributed by atoms with Gasteiger partial charge in [0, 0.05) is 54.6 Å². The van der Waals surface area contributed by atoms with E-state index in [1.165, 1.54) is 65.8 Å². The minimum atomic E-state index is 0.998. The first kappa shape index (κ1) is 28.8. The van der Waals surface area contributed by atoms with Crippen molar-refractivity contribution in [3.05, 3.63) is 188 Å². The molecule has 0 N–H and O–H groups in total. The van der Waals surface area contributed by atoms with Crippen LogP contribution in [0.2, 0.25) is 0 Å². The first-order valence-corrected chi connectivity index (χ1v) is 17.8. The number of para-hydroxylation sites is 4. The average Bonchev–Trinajstić information content (AvgIpc) is 3.74. The third-order valence-corrected chi connectivity index (χ3v) is 10.7. The van der Waals surface area contributed by atoms with Gasteiger partial charge in [-0.1, -0.05) is 133 Å². The van der Waals surface area contributed by atoms with Crippen molar-refractivity contribution in [2.24, 2.45) is 0 Å². The summed E-state index contributed by atoms with van der Waals surface area (Å²) in [4.78, 5) is 5.23. The summed E-state index contributed by atoms with van der Waals surface area (Å²) in [5.74, 6) is 0. The van der Waals surface area contributed by atoms with Crippen LogP contribution in [0.25, 0.3) is 99.0 Å². The van der Waals surface area contributed by atoms with Gasteiger partial charge in [-0.2, -0.15) is 0 Å². The van der Waals surface area contributed by atoms with Gasteiger partial charge < -0.3 is 9.13 Å². The molecule has 0 amide bonds. The lowest BCUT2D eigenvalue weighted by Crippen LogP contribution is -1.96. The molecule has 52 heavy (non-hydrogen) atoms. The minimum Gasteiger partial charge on any atom is -0.309 e. The summed E-state index contributed by atoms with van der Waals surface area (Å²) in [6.07, 6.45) is 0. The Kier molecular flexibility index (Phi) is 6.25. The second-order valence-electron chi connectivity index (χ2n) is 13.5. The number of hydrogen-bond acceptors (Lipinski definition) is 1. The molecule has 0 fully saturated rings. The fourth-order valence-electron chi connectivity index (χ4n) is 8.39. The maximum atomic E-state index is 5.23. The average molecular weight is 662 g/mol. The quantitative estimate of drug-likeness (QED) is 0.172. The molecular weight excluding hydrogens is 631 g/mol. The highest BCUT2D eigenvalue weighted by molar-refractivity contribution is 6.27. The number of fused-ring (bicyclic) bond motifs is 10. The molecular formula is C49H31N3. The monoisotopic (exact) mass is 661 g/mol. The van der Waals surface area contributed by atoms with Crippen LogP contribution in [-0.4, -0.2) is 14.1 Å². The molecule has 0 saturated carbocycles. The first-order valence-electron chi connectivity index (χ1n) is 17.8. The summed E-state index contributed by atoms with van der Waals surface area (Å²) in [7, 11) is 0. The van der Waals surface area contributed by atoms with Gasteiger partial charge in [-0.25, -0.2) is 4.98 Å². The summed E-state index contributed by atoms with van der Waals surface area (Å²) in [6.45, 7) is 0. The highest BCUT2D eigenvalue weighted by Crippen LogP contribution is 2.42. The smallest absolute Gasteiger partial charge is 0.0788 e. The largest absolute Gasteiger partial charge is 0.309 e. The molecule has 0 atom stereocenters. The Balaban J connectivity index is 1.13. The van der Waals surface area contributed by atoms with E-state index < -0.39 is 0 Å². The molecule has 0 saturated heterocycles. The molecule has 0 aliphatic rings. The van der Waals surface area contributed by atoms with Crippen LogP contribution in [0, 0.1) is 0 Å². The SMILES string of the molecule is c1ccc(-c2nc3ccccc3c3c2ccc2c4ccccc4n(-c4ccc(-c5ccc6c(c5)c5ccccc5n6-c5ccccc5)cc4)c23)cc1. The van der Waals surface area contributed by atoms with E-state index in [2.05, 4.69) is 197 Å². The van der Waals surface area contributed by atoms with Crippen LogP contribution in [-0.2, 0) is 0 Å². The standard InChI is InChI=1S/C49H31N3/c1-3-13-33(14-4-1)48-41-29-28-39-37-17-8-12-22-45(37)52(49(39)47(41)40-19-7-10-20-43(40)50-48)36-26-23-32(24-27-36)34-25-30-46-42(31-34)38-18-9-11-21-44(38)51(46)35-15-5-2-6-16-35/h1-31H. The van der Waals surface area contributed by atoms with E-state index in [0.717, 1.165) is 33.2 Å². The molecule has 3 heteroatoms. The summed E-state index contributed by atoms with van der Waals surface area (Å²) in [5, 5.41) is 8.53. The topological polar surface area (TPSA) is 22.8 Å². The lowest BCUT2D eigenvalue weighted by molar-refractivity contribution is 1.18. The van der Waals surface area contributed by atoms with Crippen LogP contribution >= 0.6 is 0 Å². The molecule has 0 aliphatic heterocycles. The zero-order valence-corrected chi connectivity index (χ0v) is 28.2. The molecule has 0 bridgehead atoms. The molecule has 0 radical (unpaired) electrons. The molecule has 3 heterocycles. The number of aromatic nitrogens is 3. The Hall–Kier alpha value is -6.97. The van der Waals surface area contributed by atoms with Crippen molar-refractivity contribution in [2.75, 3.05) is 0 Å². The van der Waals surface area contributed by atoms with Gasteiger partial charge in [-0.3, -0.25) is 0 Å². The van der Waals surface area contributed by atoms with E-state index >= 15 is 0 Å². The molecule has 11 rings (SSSR count). The van der Waals surface area contributed by atoms with Gasteiger partial charge >= 0.3 is 0 Å². The number of nitrogens with zero attached hydrogens (tertiary/aromatic N) is 3. The van der Waals surface area contributed by atoms with E-state index in [0.29, 0.717) is 0 Å². The highest BCUT2D eigenvalue weighted by atomic mass is 15.0. The highest BCUT2D eigenvalue weighted by Gasteiger charge is 2.20. The predicted molar refractivity (Wildman–Crippen MR) is 219 cm³/mol. The summed E-state index contributed by atoms with van der Waals surface area (Å²) >= 11 is 0. The van der Waals surface area contributed by atoms with Gasteiger partial charge in [0.15, 0.2) is 0 Å². The number of pyridine rings is 1. The Morgan fingerprint density at radius 2 is 0.885 bits per heavy atom. The number of hydrogen-bond donors (Lipinski definition) is 0. The normalized spacial score (nSPS) is 11.8. The summed E-state index contributed by atoms with van der Waals surface area (Å²) in [5.41, 5.74) is 12.6. The van der Waals surface area contributed by atoms with E-state index in [4.69, 9.17) is 4.98 Å². The summed E-state index contributed by atoms with van der Waals surface area (Å²) < 4.78 is 4.82. The fraction of sp³-hybridized carbons (Fsp3) is 0. The van der Waals surface area contributed by atoms with Crippen molar-refractivity contribution in [1.82, 2.24) is 14.1 Å². The third kappa shape index (κ3) is 4.23. The Morgan fingerprint density at radius 3 is 1.65 bits per heavy atom. The van der Waals surface area contributed by atoms with Crippen LogP contribution < -0.4 is 0 Å². The molecule has 8 aromatic carbocycles. The van der Waals surface area contributed by atoms with Crippen molar-refractivity contribution in [1.29, 1.82) is 0 Å². The second-order valence-corrected chi connectivity index (χ2v) is 13.5. The van der Waals surface area contributed by atoms with E-state index in [9.17, 15) is 0 Å². The zero-order chi connectivity index (χ0) is 34.2. The molecule has 3 aromatic heterocycles. The van der Waals surface area contributed by atoms with Gasteiger partial charge in [0.1, 0.15) is 0 Å². The second kappa shape index (κ2) is 11.3. The molecule has 0 unspecified atom stereocenters. The molecule has 11 aromatic rings. The lowest BCUT2D eigenvalue weighted by Gasteiger charge is -2.15. The van der Waals surface area contributed by atoms with E-state index in [1.807, 2.05) is 0 Å². The van der Waals surface area contributed by atoms with Crippen molar-refractivity contribution >= 4 is 65.3 Å². The third-order valence-electron chi connectivity index (χ3n) is 10.7. The van der Waals surface area contributed by atoms with Crippen LogP contribution in [0.5, 0.6) is 0 Å². The Morgan fingerprint density at radius 1 is 0.327 bits per heavy atom. The van der Waals surface area contributed by atoms with Gasteiger partial charge in [0.05, 0.1) is 33.3 Å². The van der Waals surface area contributed by atoms with Crippen LogP contribution in [0.3, 0.4) is 0 Å². The minimum absolute atomic E-state index is 0.998. The van der Waals surface area contributed by atoms with Crippen LogP contribution in [0.15, 0.2) is 188 Å². The van der Waals surface area contributed by atoms with Gasteiger partial charge in [-0.05, 0) is 65.7 Å². The lowest BCUT2D eigenvalue weighted by atomic mass is 9.97. The Bertz CT molecular complexity index is 3150.